The SMILES string of the molecule is CCCN(c1c(F)cccc1C(=O)O)C(C)C. The maximum Gasteiger partial charge on any atom is 0.337 e. The Kier molecular flexibility index (Phi) is 4.49. The molecule has 0 bridgehead atoms. The molecule has 94 valence electrons. The molecule has 1 aromatic carbocycles. The highest BCUT2D eigenvalue weighted by molar-refractivity contribution is 5.94. The van der Waals surface area contributed by atoms with E-state index < -0.39 is 11.8 Å². The van der Waals surface area contributed by atoms with Gasteiger partial charge in [-0.3, -0.25) is 0 Å². The Morgan fingerprint density at radius 1 is 1.47 bits per heavy atom. The molecule has 3 nitrogen and oxygen atoms in total. The predicted molar refractivity (Wildman–Crippen MR) is 66.1 cm³/mol. The van der Waals surface area contributed by atoms with Crippen molar-refractivity contribution >= 4 is 11.7 Å². The van der Waals surface area contributed by atoms with E-state index in [0.29, 0.717) is 6.54 Å². The van der Waals surface area contributed by atoms with Gasteiger partial charge in [-0.25, -0.2) is 9.18 Å². The van der Waals surface area contributed by atoms with Gasteiger partial charge in [0.15, 0.2) is 0 Å². The lowest BCUT2D eigenvalue weighted by atomic mass is 10.1. The number of benzene rings is 1. The lowest BCUT2D eigenvalue weighted by Gasteiger charge is -2.30. The molecular weight excluding hydrogens is 221 g/mol. The van der Waals surface area contributed by atoms with Crippen molar-refractivity contribution in [2.75, 3.05) is 11.4 Å². The number of carboxylic acids is 1. The van der Waals surface area contributed by atoms with Crippen LogP contribution in [0.2, 0.25) is 0 Å². The zero-order chi connectivity index (χ0) is 13.0. The molecule has 0 amide bonds. The van der Waals surface area contributed by atoms with Crippen LogP contribution in [0.15, 0.2) is 18.2 Å². The lowest BCUT2D eigenvalue weighted by Crippen LogP contribution is -2.33. The number of nitrogens with zero attached hydrogens (tertiary/aromatic N) is 1. The maximum atomic E-state index is 13.8. The second kappa shape index (κ2) is 5.66. The van der Waals surface area contributed by atoms with E-state index in [9.17, 15) is 9.18 Å². The Hall–Kier alpha value is -1.58. The number of anilines is 1. The number of halogens is 1. The van der Waals surface area contributed by atoms with Crippen LogP contribution in [-0.2, 0) is 0 Å². The fourth-order valence-electron chi connectivity index (χ4n) is 1.85. The van der Waals surface area contributed by atoms with Crippen LogP contribution in [0, 0.1) is 5.82 Å². The third kappa shape index (κ3) is 2.96. The van der Waals surface area contributed by atoms with E-state index >= 15 is 0 Å². The minimum atomic E-state index is -1.10. The zero-order valence-electron chi connectivity index (χ0n) is 10.4. The van der Waals surface area contributed by atoms with Crippen LogP contribution in [0.3, 0.4) is 0 Å². The standard InChI is InChI=1S/C13H18FNO2/c1-4-8-15(9(2)3)12-10(13(16)17)6-5-7-11(12)14/h5-7,9H,4,8H2,1-3H3,(H,16,17). The van der Waals surface area contributed by atoms with Crippen molar-refractivity contribution in [2.45, 2.75) is 33.2 Å². The van der Waals surface area contributed by atoms with E-state index in [0.717, 1.165) is 6.42 Å². The van der Waals surface area contributed by atoms with Crippen molar-refractivity contribution in [1.29, 1.82) is 0 Å². The highest BCUT2D eigenvalue weighted by atomic mass is 19.1. The van der Waals surface area contributed by atoms with Gasteiger partial charge in [-0.15, -0.1) is 0 Å². The number of hydrogen-bond donors (Lipinski definition) is 1. The smallest absolute Gasteiger partial charge is 0.337 e. The molecule has 0 radical (unpaired) electrons. The average Bonchev–Trinajstić information content (AvgIpc) is 2.25. The minimum absolute atomic E-state index is 0.0205. The molecule has 0 aliphatic heterocycles. The molecule has 1 aromatic rings. The van der Waals surface area contributed by atoms with Gasteiger partial charge in [-0.05, 0) is 32.4 Å². The maximum absolute atomic E-state index is 13.8. The monoisotopic (exact) mass is 239 g/mol. The van der Waals surface area contributed by atoms with Gasteiger partial charge in [0.05, 0.1) is 11.3 Å². The van der Waals surface area contributed by atoms with Gasteiger partial charge in [-0.2, -0.15) is 0 Å². The molecule has 0 spiro atoms. The fraction of sp³-hybridized carbons (Fsp3) is 0.462. The van der Waals surface area contributed by atoms with Crippen LogP contribution < -0.4 is 4.90 Å². The van der Waals surface area contributed by atoms with Crippen LogP contribution >= 0.6 is 0 Å². The third-order valence-electron chi connectivity index (χ3n) is 2.59. The van der Waals surface area contributed by atoms with Crippen LogP contribution in [-0.4, -0.2) is 23.7 Å². The van der Waals surface area contributed by atoms with Gasteiger partial charge < -0.3 is 10.0 Å². The van der Waals surface area contributed by atoms with E-state index in [1.807, 2.05) is 20.8 Å². The fourth-order valence-corrected chi connectivity index (χ4v) is 1.85. The van der Waals surface area contributed by atoms with Crippen molar-refractivity contribution in [1.82, 2.24) is 0 Å². The minimum Gasteiger partial charge on any atom is -0.478 e. The Bertz CT molecular complexity index is 404. The first kappa shape index (κ1) is 13.5. The normalized spacial score (nSPS) is 10.6. The highest BCUT2D eigenvalue weighted by Crippen LogP contribution is 2.26. The van der Waals surface area contributed by atoms with Gasteiger partial charge in [0.25, 0.3) is 0 Å². The first-order chi connectivity index (χ1) is 7.99. The third-order valence-corrected chi connectivity index (χ3v) is 2.59. The molecule has 1 rings (SSSR count). The summed E-state index contributed by atoms with van der Waals surface area (Å²) < 4.78 is 13.8. The van der Waals surface area contributed by atoms with E-state index in [1.165, 1.54) is 18.2 Å². The summed E-state index contributed by atoms with van der Waals surface area (Å²) >= 11 is 0. The Balaban J connectivity index is 3.29. The van der Waals surface area contributed by atoms with Crippen LogP contribution in [0.5, 0.6) is 0 Å². The van der Waals surface area contributed by atoms with Crippen LogP contribution in [0.4, 0.5) is 10.1 Å². The lowest BCUT2D eigenvalue weighted by molar-refractivity contribution is 0.0697. The van der Waals surface area contributed by atoms with Crippen LogP contribution in [0.25, 0.3) is 0 Å². The van der Waals surface area contributed by atoms with Crippen molar-refractivity contribution < 1.29 is 14.3 Å². The quantitative estimate of drug-likeness (QED) is 0.858. The topological polar surface area (TPSA) is 40.5 Å². The van der Waals surface area contributed by atoms with Crippen molar-refractivity contribution in [3.63, 3.8) is 0 Å². The second-order valence-corrected chi connectivity index (χ2v) is 4.23. The van der Waals surface area contributed by atoms with Gasteiger partial charge in [0.1, 0.15) is 5.82 Å². The molecule has 0 saturated heterocycles. The number of carboxylic acid groups (broad SMARTS) is 1. The molecule has 0 atom stereocenters. The molecule has 0 aromatic heterocycles. The number of carbonyl (C=O) groups is 1. The van der Waals surface area contributed by atoms with Crippen molar-refractivity contribution in [3.8, 4) is 0 Å². The molecule has 0 saturated carbocycles. The molecule has 0 fully saturated rings. The summed E-state index contributed by atoms with van der Waals surface area (Å²) in [6.45, 7) is 6.47. The molecule has 1 N–H and O–H groups in total. The molecule has 0 unspecified atom stereocenters. The molecule has 0 aliphatic carbocycles. The number of aromatic carboxylic acids is 1. The van der Waals surface area contributed by atoms with Gasteiger partial charge in [0, 0.05) is 12.6 Å². The van der Waals surface area contributed by atoms with Crippen LogP contribution in [0.1, 0.15) is 37.6 Å². The number of para-hydroxylation sites is 1. The molecule has 0 heterocycles. The summed E-state index contributed by atoms with van der Waals surface area (Å²) in [5, 5.41) is 9.10. The Morgan fingerprint density at radius 2 is 2.12 bits per heavy atom. The summed E-state index contributed by atoms with van der Waals surface area (Å²) in [7, 11) is 0. The molecular formula is C13H18FNO2. The first-order valence-electron chi connectivity index (χ1n) is 5.77. The van der Waals surface area contributed by atoms with E-state index in [4.69, 9.17) is 5.11 Å². The van der Waals surface area contributed by atoms with Crippen molar-refractivity contribution in [3.05, 3.63) is 29.6 Å². The molecule has 4 heteroatoms. The zero-order valence-corrected chi connectivity index (χ0v) is 10.4. The molecule has 17 heavy (non-hydrogen) atoms. The highest BCUT2D eigenvalue weighted by Gasteiger charge is 2.21. The van der Waals surface area contributed by atoms with E-state index in [2.05, 4.69) is 0 Å². The first-order valence-corrected chi connectivity index (χ1v) is 5.77. The van der Waals surface area contributed by atoms with Crippen molar-refractivity contribution in [2.24, 2.45) is 0 Å². The number of hydrogen-bond acceptors (Lipinski definition) is 2. The second-order valence-electron chi connectivity index (χ2n) is 4.23. The largest absolute Gasteiger partial charge is 0.478 e. The summed E-state index contributed by atoms with van der Waals surface area (Å²) in [4.78, 5) is 12.9. The Labute approximate surface area is 101 Å². The van der Waals surface area contributed by atoms with E-state index in [-0.39, 0.29) is 17.3 Å². The van der Waals surface area contributed by atoms with Gasteiger partial charge >= 0.3 is 5.97 Å². The summed E-state index contributed by atoms with van der Waals surface area (Å²) in [6, 6.07) is 4.22. The van der Waals surface area contributed by atoms with Gasteiger partial charge in [0.2, 0.25) is 0 Å². The molecule has 0 aliphatic rings. The number of rotatable bonds is 5. The summed E-state index contributed by atoms with van der Waals surface area (Å²) in [5.74, 6) is -1.58. The van der Waals surface area contributed by atoms with E-state index in [1.54, 1.807) is 4.90 Å². The van der Waals surface area contributed by atoms with Gasteiger partial charge in [-0.1, -0.05) is 13.0 Å². The summed E-state index contributed by atoms with van der Waals surface area (Å²) in [6.07, 6.45) is 0.839. The summed E-state index contributed by atoms with van der Waals surface area (Å²) in [5.41, 5.74) is 0.212. The Morgan fingerprint density at radius 3 is 2.59 bits per heavy atom. The predicted octanol–water partition coefficient (Wildman–Crippen LogP) is 3.15. The average molecular weight is 239 g/mol.